The van der Waals surface area contributed by atoms with Crippen LogP contribution in [0.5, 0.6) is 0 Å². The molecule has 0 N–H and O–H groups in total. The minimum atomic E-state index is 0.705. The highest BCUT2D eigenvalue weighted by Gasteiger charge is 2.18. The summed E-state index contributed by atoms with van der Waals surface area (Å²) in [6.07, 6.45) is 0. The SMILES string of the molecule is c1ccc(-c2cc(-c3ccccc3)nc(-c3ccc4c(c3)c3ccccc3c3cccc(-c5ccc6c7ccccc7n(-c7ccc8ccccc8c7)c6c5)c34)n2)cc1. The predicted molar refractivity (Wildman–Crippen MR) is 248 cm³/mol. The zero-order chi connectivity index (χ0) is 38.9. The van der Waals surface area contributed by atoms with Crippen LogP contribution in [0.15, 0.2) is 212 Å². The molecule has 10 aromatic carbocycles. The Labute approximate surface area is 341 Å². The van der Waals surface area contributed by atoms with Gasteiger partial charge in [0.2, 0.25) is 0 Å². The van der Waals surface area contributed by atoms with Crippen LogP contribution in [0.25, 0.3) is 116 Å². The molecule has 0 aliphatic heterocycles. The van der Waals surface area contributed by atoms with Gasteiger partial charge in [-0.3, -0.25) is 0 Å². The molecule has 0 bridgehead atoms. The number of aromatic nitrogens is 3. The van der Waals surface area contributed by atoms with Gasteiger partial charge in [-0.1, -0.05) is 176 Å². The van der Waals surface area contributed by atoms with Gasteiger partial charge in [0.15, 0.2) is 5.82 Å². The number of benzene rings is 10. The van der Waals surface area contributed by atoms with Crippen LogP contribution in [-0.4, -0.2) is 14.5 Å². The summed E-state index contributed by atoms with van der Waals surface area (Å²) in [4.78, 5) is 10.4. The lowest BCUT2D eigenvalue weighted by molar-refractivity contribution is 1.18. The van der Waals surface area contributed by atoms with E-state index in [2.05, 4.69) is 205 Å². The molecule has 12 aromatic rings. The maximum Gasteiger partial charge on any atom is 0.160 e. The molecule has 0 unspecified atom stereocenters. The first-order valence-electron chi connectivity index (χ1n) is 20.2. The highest BCUT2D eigenvalue weighted by Crippen LogP contribution is 2.43. The zero-order valence-corrected chi connectivity index (χ0v) is 32.0. The van der Waals surface area contributed by atoms with Gasteiger partial charge in [0.05, 0.1) is 22.4 Å². The number of nitrogens with zero attached hydrogens (tertiary/aromatic N) is 3. The van der Waals surface area contributed by atoms with Gasteiger partial charge in [0.25, 0.3) is 0 Å². The van der Waals surface area contributed by atoms with Crippen LogP contribution in [0.3, 0.4) is 0 Å². The Morgan fingerprint density at radius 3 is 1.64 bits per heavy atom. The van der Waals surface area contributed by atoms with E-state index in [1.807, 2.05) is 12.1 Å². The Hall–Kier alpha value is -7.88. The van der Waals surface area contributed by atoms with Crippen LogP contribution in [-0.2, 0) is 0 Å². The van der Waals surface area contributed by atoms with Crippen molar-refractivity contribution in [2.75, 3.05) is 0 Å². The minimum absolute atomic E-state index is 0.705. The molecule has 0 fully saturated rings. The molecule has 0 aliphatic carbocycles. The highest BCUT2D eigenvalue weighted by molar-refractivity contribution is 6.29. The number of hydrogen-bond acceptors (Lipinski definition) is 2. The standard InChI is InChI=1S/C56H35N3/c1-3-15-37(16-4-1)51-35-52(38-17-5-2-6-18-38)58-56(57-51)41-28-31-49-50(33-41)45-21-10-9-20-44(45)48-24-13-23-43(55(48)49)40-27-30-47-46-22-11-12-25-53(46)59(54(47)34-40)42-29-26-36-14-7-8-19-39(36)32-42/h1-35H. The average molecular weight is 750 g/mol. The van der Waals surface area contributed by atoms with Crippen LogP contribution in [0, 0.1) is 0 Å². The van der Waals surface area contributed by atoms with E-state index < -0.39 is 0 Å². The third-order valence-electron chi connectivity index (χ3n) is 12.0. The van der Waals surface area contributed by atoms with E-state index in [1.54, 1.807) is 0 Å². The topological polar surface area (TPSA) is 30.7 Å². The number of rotatable bonds is 5. The van der Waals surface area contributed by atoms with Crippen molar-refractivity contribution in [2.24, 2.45) is 0 Å². The van der Waals surface area contributed by atoms with Gasteiger partial charge in [-0.25, -0.2) is 9.97 Å². The quantitative estimate of drug-likeness (QED) is 0.164. The van der Waals surface area contributed by atoms with Crippen LogP contribution in [0.4, 0.5) is 0 Å². The first-order chi connectivity index (χ1) is 29.2. The monoisotopic (exact) mass is 749 g/mol. The van der Waals surface area contributed by atoms with Crippen LogP contribution >= 0.6 is 0 Å². The largest absolute Gasteiger partial charge is 0.309 e. The third kappa shape index (κ3) is 5.44. The Balaban J connectivity index is 1.09. The highest BCUT2D eigenvalue weighted by atomic mass is 15.0. The fourth-order valence-corrected chi connectivity index (χ4v) is 9.21. The fraction of sp³-hybridized carbons (Fsp3) is 0. The molecule has 0 aliphatic rings. The molecule has 3 nitrogen and oxygen atoms in total. The van der Waals surface area contributed by atoms with Gasteiger partial charge in [-0.05, 0) is 90.6 Å². The van der Waals surface area contributed by atoms with E-state index in [1.165, 1.54) is 76.0 Å². The summed E-state index contributed by atoms with van der Waals surface area (Å²) in [7, 11) is 0. The lowest BCUT2D eigenvalue weighted by atomic mass is 9.88. The van der Waals surface area contributed by atoms with Crippen molar-refractivity contribution in [1.82, 2.24) is 14.5 Å². The molecular formula is C56H35N3. The summed E-state index contributed by atoms with van der Waals surface area (Å²) >= 11 is 0. The molecule has 0 radical (unpaired) electrons. The smallest absolute Gasteiger partial charge is 0.160 e. The van der Waals surface area contributed by atoms with Crippen molar-refractivity contribution in [3.63, 3.8) is 0 Å². The van der Waals surface area contributed by atoms with E-state index in [4.69, 9.17) is 9.97 Å². The second kappa shape index (κ2) is 13.4. The van der Waals surface area contributed by atoms with Crippen molar-refractivity contribution in [1.29, 1.82) is 0 Å². The van der Waals surface area contributed by atoms with E-state index in [-0.39, 0.29) is 0 Å². The summed E-state index contributed by atoms with van der Waals surface area (Å²) < 4.78 is 2.43. The molecular weight excluding hydrogens is 715 g/mol. The molecule has 2 heterocycles. The third-order valence-corrected chi connectivity index (χ3v) is 12.0. The van der Waals surface area contributed by atoms with E-state index >= 15 is 0 Å². The molecule has 0 saturated carbocycles. The van der Waals surface area contributed by atoms with Crippen LogP contribution in [0.2, 0.25) is 0 Å². The lowest BCUT2D eigenvalue weighted by Crippen LogP contribution is -1.96. The van der Waals surface area contributed by atoms with Crippen molar-refractivity contribution < 1.29 is 0 Å². The van der Waals surface area contributed by atoms with Crippen LogP contribution in [0.1, 0.15) is 0 Å². The van der Waals surface area contributed by atoms with Crippen LogP contribution < -0.4 is 0 Å². The number of fused-ring (bicyclic) bond motifs is 10. The predicted octanol–water partition coefficient (Wildman–Crippen LogP) is 14.9. The molecule has 2 aromatic heterocycles. The summed E-state index contributed by atoms with van der Waals surface area (Å²) in [5.41, 5.74) is 10.8. The summed E-state index contributed by atoms with van der Waals surface area (Å²) in [5.74, 6) is 0.705. The molecule has 12 rings (SSSR count). The van der Waals surface area contributed by atoms with Gasteiger partial charge < -0.3 is 4.57 Å². The maximum absolute atomic E-state index is 5.20. The molecule has 0 spiro atoms. The summed E-state index contributed by atoms with van der Waals surface area (Å²) in [6, 6.07) is 76.4. The Bertz CT molecular complexity index is 3550. The fourth-order valence-electron chi connectivity index (χ4n) is 9.21. The van der Waals surface area contributed by atoms with Gasteiger partial charge >= 0.3 is 0 Å². The van der Waals surface area contributed by atoms with Crippen molar-refractivity contribution >= 4 is 64.9 Å². The number of hydrogen-bond donors (Lipinski definition) is 0. The molecule has 0 amide bonds. The summed E-state index contributed by atoms with van der Waals surface area (Å²) in [6.45, 7) is 0. The second-order valence-electron chi connectivity index (χ2n) is 15.3. The zero-order valence-electron chi connectivity index (χ0n) is 32.0. The van der Waals surface area contributed by atoms with Gasteiger partial charge in [-0.15, -0.1) is 0 Å². The Kier molecular flexibility index (Phi) is 7.54. The van der Waals surface area contributed by atoms with Crippen molar-refractivity contribution in [2.45, 2.75) is 0 Å². The molecule has 3 heteroatoms. The summed E-state index contributed by atoms with van der Waals surface area (Å²) in [5, 5.41) is 12.3. The Morgan fingerprint density at radius 2 is 0.881 bits per heavy atom. The molecule has 274 valence electrons. The van der Waals surface area contributed by atoms with Gasteiger partial charge in [0, 0.05) is 33.2 Å². The van der Waals surface area contributed by atoms with Crippen molar-refractivity contribution in [3.8, 4) is 50.7 Å². The van der Waals surface area contributed by atoms with Gasteiger partial charge in [0.1, 0.15) is 0 Å². The van der Waals surface area contributed by atoms with E-state index in [0.717, 1.165) is 33.8 Å². The minimum Gasteiger partial charge on any atom is -0.309 e. The maximum atomic E-state index is 5.20. The van der Waals surface area contributed by atoms with Crippen molar-refractivity contribution in [3.05, 3.63) is 212 Å². The lowest BCUT2D eigenvalue weighted by Gasteiger charge is -2.16. The molecule has 59 heavy (non-hydrogen) atoms. The normalized spacial score (nSPS) is 11.7. The van der Waals surface area contributed by atoms with E-state index in [0.29, 0.717) is 5.82 Å². The second-order valence-corrected chi connectivity index (χ2v) is 15.3. The van der Waals surface area contributed by atoms with Gasteiger partial charge in [-0.2, -0.15) is 0 Å². The Morgan fingerprint density at radius 1 is 0.305 bits per heavy atom. The number of para-hydroxylation sites is 1. The first kappa shape index (κ1) is 33.3. The van der Waals surface area contributed by atoms with E-state index in [9.17, 15) is 0 Å². The molecule has 0 atom stereocenters. The first-order valence-corrected chi connectivity index (χ1v) is 20.2. The molecule has 0 saturated heterocycles. The average Bonchev–Trinajstić information content (AvgIpc) is 3.65.